The lowest BCUT2D eigenvalue weighted by Gasteiger charge is -1.97. The molecule has 1 aromatic carbocycles. The Balaban J connectivity index is 2.92. The van der Waals surface area contributed by atoms with Crippen LogP contribution in [0.3, 0.4) is 0 Å². The molecule has 0 bridgehead atoms. The van der Waals surface area contributed by atoms with Gasteiger partial charge in [-0.25, -0.2) is 4.79 Å². The number of hydrogen-bond acceptors (Lipinski definition) is 3. The van der Waals surface area contributed by atoms with Crippen LogP contribution >= 0.6 is 27.3 Å². The van der Waals surface area contributed by atoms with Crippen molar-refractivity contribution in [2.24, 2.45) is 0 Å². The molecule has 0 spiro atoms. The van der Waals surface area contributed by atoms with E-state index in [4.69, 9.17) is 5.11 Å². The molecule has 0 saturated carbocycles. The molecule has 0 aliphatic rings. The Hall–Kier alpha value is -1.14. The molecule has 0 aliphatic heterocycles. The largest absolute Gasteiger partial charge is 0.478 e. The first-order valence-electron chi connectivity index (χ1n) is 3.63. The molecule has 2 rings (SSSR count). The van der Waals surface area contributed by atoms with Crippen molar-refractivity contribution in [3.63, 3.8) is 0 Å². The van der Waals surface area contributed by atoms with Gasteiger partial charge >= 0.3 is 10.8 Å². The molecule has 0 radical (unpaired) electrons. The third-order valence-corrected chi connectivity index (χ3v) is 3.01. The number of aromatic amines is 1. The number of hydrogen-bond donors (Lipinski definition) is 2. The Labute approximate surface area is 90.3 Å². The highest BCUT2D eigenvalue weighted by molar-refractivity contribution is 9.10. The van der Waals surface area contributed by atoms with E-state index in [9.17, 15) is 9.59 Å². The average Bonchev–Trinajstić information content (AvgIpc) is 2.42. The molecule has 2 aromatic rings. The van der Waals surface area contributed by atoms with Crippen molar-refractivity contribution >= 4 is 43.5 Å². The molecular weight excluding hydrogens is 270 g/mol. The standard InChI is InChI=1S/C8H4BrNO3S/c9-3-1-4(7(11)12)6-5(2-3)14-8(13)10-6/h1-2H,(H,10,13)(H,11,12). The zero-order valence-corrected chi connectivity index (χ0v) is 9.11. The average molecular weight is 274 g/mol. The Morgan fingerprint density at radius 2 is 2.21 bits per heavy atom. The maximum absolute atomic E-state index is 11.0. The lowest BCUT2D eigenvalue weighted by Crippen LogP contribution is -1.99. The van der Waals surface area contributed by atoms with E-state index in [-0.39, 0.29) is 10.4 Å². The van der Waals surface area contributed by atoms with Crippen LogP contribution in [0.15, 0.2) is 21.4 Å². The summed E-state index contributed by atoms with van der Waals surface area (Å²) in [5.41, 5.74) is 0.489. The Morgan fingerprint density at radius 1 is 1.50 bits per heavy atom. The summed E-state index contributed by atoms with van der Waals surface area (Å²) in [6.45, 7) is 0. The number of fused-ring (bicyclic) bond motifs is 1. The van der Waals surface area contributed by atoms with E-state index >= 15 is 0 Å². The van der Waals surface area contributed by atoms with Crippen LogP contribution < -0.4 is 4.87 Å². The van der Waals surface area contributed by atoms with Crippen LogP contribution in [0.2, 0.25) is 0 Å². The van der Waals surface area contributed by atoms with Gasteiger partial charge in [-0.15, -0.1) is 0 Å². The van der Waals surface area contributed by atoms with Gasteiger partial charge in [0.2, 0.25) is 0 Å². The molecule has 72 valence electrons. The van der Waals surface area contributed by atoms with Crippen LogP contribution in [0.4, 0.5) is 0 Å². The zero-order valence-electron chi connectivity index (χ0n) is 6.70. The number of benzene rings is 1. The molecule has 2 N–H and O–H groups in total. The van der Waals surface area contributed by atoms with Crippen molar-refractivity contribution in [1.29, 1.82) is 0 Å². The van der Waals surface area contributed by atoms with Gasteiger partial charge in [-0.3, -0.25) is 4.79 Å². The predicted molar refractivity (Wildman–Crippen MR) is 57.1 cm³/mol. The van der Waals surface area contributed by atoms with Crippen molar-refractivity contribution < 1.29 is 9.90 Å². The maximum Gasteiger partial charge on any atom is 0.337 e. The molecule has 0 fully saturated rings. The maximum atomic E-state index is 11.0. The van der Waals surface area contributed by atoms with Gasteiger partial charge in [-0.2, -0.15) is 0 Å². The molecular formula is C8H4BrNO3S. The summed E-state index contributed by atoms with van der Waals surface area (Å²) < 4.78 is 1.29. The van der Waals surface area contributed by atoms with Crippen molar-refractivity contribution in [2.45, 2.75) is 0 Å². The smallest absolute Gasteiger partial charge is 0.337 e. The number of aromatic nitrogens is 1. The van der Waals surface area contributed by atoms with E-state index in [1.54, 1.807) is 6.07 Å². The quantitative estimate of drug-likeness (QED) is 0.836. The van der Waals surface area contributed by atoms with Crippen LogP contribution in [-0.4, -0.2) is 16.1 Å². The lowest BCUT2D eigenvalue weighted by molar-refractivity contribution is 0.0699. The number of halogens is 1. The predicted octanol–water partition coefficient (Wildman–Crippen LogP) is 2.05. The fraction of sp³-hybridized carbons (Fsp3) is 0. The van der Waals surface area contributed by atoms with Crippen molar-refractivity contribution in [1.82, 2.24) is 4.98 Å². The minimum absolute atomic E-state index is 0.104. The molecule has 0 aliphatic carbocycles. The van der Waals surface area contributed by atoms with Crippen LogP contribution in [0.1, 0.15) is 10.4 Å². The van der Waals surface area contributed by atoms with Crippen molar-refractivity contribution in [2.75, 3.05) is 0 Å². The SMILES string of the molecule is O=C(O)c1cc(Br)cc2sc(=O)[nH]c12. The van der Waals surface area contributed by atoms with E-state index in [1.807, 2.05) is 0 Å². The van der Waals surface area contributed by atoms with Crippen molar-refractivity contribution in [3.8, 4) is 0 Å². The zero-order chi connectivity index (χ0) is 10.3. The van der Waals surface area contributed by atoms with E-state index in [1.165, 1.54) is 6.07 Å². The summed E-state index contributed by atoms with van der Waals surface area (Å²) >= 11 is 4.18. The number of carboxylic acid groups (broad SMARTS) is 1. The van der Waals surface area contributed by atoms with Crippen LogP contribution in [0.5, 0.6) is 0 Å². The number of rotatable bonds is 1. The Bertz CT molecular complexity index is 571. The Kier molecular flexibility index (Phi) is 2.16. The summed E-state index contributed by atoms with van der Waals surface area (Å²) in [5.74, 6) is -1.05. The minimum atomic E-state index is -1.05. The third kappa shape index (κ3) is 1.46. The lowest BCUT2D eigenvalue weighted by atomic mass is 10.2. The molecule has 0 atom stereocenters. The fourth-order valence-corrected chi connectivity index (χ4v) is 2.60. The van der Waals surface area contributed by atoms with E-state index < -0.39 is 5.97 Å². The van der Waals surface area contributed by atoms with Gasteiger partial charge < -0.3 is 10.1 Å². The van der Waals surface area contributed by atoms with Gasteiger partial charge in [0, 0.05) is 4.47 Å². The fourth-order valence-electron chi connectivity index (χ4n) is 1.19. The molecule has 1 heterocycles. The number of aromatic carboxylic acids is 1. The number of carboxylic acids is 1. The topological polar surface area (TPSA) is 70.2 Å². The van der Waals surface area contributed by atoms with Gasteiger partial charge in [0.1, 0.15) is 0 Å². The summed E-state index contributed by atoms with van der Waals surface area (Å²) in [6.07, 6.45) is 0. The first-order valence-corrected chi connectivity index (χ1v) is 5.24. The van der Waals surface area contributed by atoms with Gasteiger partial charge in [0.05, 0.1) is 15.8 Å². The molecule has 0 unspecified atom stereocenters. The molecule has 14 heavy (non-hydrogen) atoms. The van der Waals surface area contributed by atoms with Crippen LogP contribution in [0, 0.1) is 0 Å². The summed E-state index contributed by atoms with van der Waals surface area (Å²) in [6, 6.07) is 3.18. The Morgan fingerprint density at radius 3 is 2.86 bits per heavy atom. The molecule has 4 nitrogen and oxygen atoms in total. The molecule has 0 amide bonds. The van der Waals surface area contributed by atoms with E-state index in [2.05, 4.69) is 20.9 Å². The van der Waals surface area contributed by atoms with Gasteiger partial charge in [0.15, 0.2) is 0 Å². The number of nitrogens with one attached hydrogen (secondary N) is 1. The summed E-state index contributed by atoms with van der Waals surface area (Å²) in [7, 11) is 0. The van der Waals surface area contributed by atoms with Gasteiger partial charge in [0.25, 0.3) is 0 Å². The van der Waals surface area contributed by atoms with Gasteiger partial charge in [-0.1, -0.05) is 27.3 Å². The minimum Gasteiger partial charge on any atom is -0.478 e. The van der Waals surface area contributed by atoms with Crippen molar-refractivity contribution in [3.05, 3.63) is 31.8 Å². The number of H-pyrrole nitrogens is 1. The summed E-state index contributed by atoms with van der Waals surface area (Å²) in [4.78, 5) is 24.1. The second kappa shape index (κ2) is 3.21. The normalized spacial score (nSPS) is 10.6. The van der Waals surface area contributed by atoms with Gasteiger partial charge in [-0.05, 0) is 12.1 Å². The monoisotopic (exact) mass is 273 g/mol. The number of carbonyl (C=O) groups is 1. The second-order valence-electron chi connectivity index (χ2n) is 2.65. The number of thiazole rings is 1. The second-order valence-corrected chi connectivity index (χ2v) is 4.58. The highest BCUT2D eigenvalue weighted by atomic mass is 79.9. The highest BCUT2D eigenvalue weighted by Crippen LogP contribution is 2.24. The van der Waals surface area contributed by atoms with Crippen LogP contribution in [-0.2, 0) is 0 Å². The van der Waals surface area contributed by atoms with E-state index in [0.29, 0.717) is 14.7 Å². The first kappa shape index (κ1) is 9.42. The highest BCUT2D eigenvalue weighted by Gasteiger charge is 2.12. The third-order valence-electron chi connectivity index (χ3n) is 1.73. The first-order chi connectivity index (χ1) is 6.58. The summed E-state index contributed by atoms with van der Waals surface area (Å²) in [5, 5.41) is 8.88. The van der Waals surface area contributed by atoms with Crippen LogP contribution in [0.25, 0.3) is 10.2 Å². The molecule has 0 saturated heterocycles. The molecule has 6 heteroatoms. The molecule has 1 aromatic heterocycles. The van der Waals surface area contributed by atoms with E-state index in [0.717, 1.165) is 11.3 Å².